The number of hydrogen-bond acceptors (Lipinski definition) is 5. The number of halogens is 2. The van der Waals surface area contributed by atoms with Crippen molar-refractivity contribution >= 4 is 49.1 Å². The number of carbonyl (C=O) groups is 1. The van der Waals surface area contributed by atoms with Crippen molar-refractivity contribution in [3.05, 3.63) is 37.7 Å². The van der Waals surface area contributed by atoms with Crippen LogP contribution in [0.2, 0.25) is 0 Å². The Hall–Kier alpha value is -0.990. The van der Waals surface area contributed by atoms with Gasteiger partial charge in [0.1, 0.15) is 6.10 Å². The molecule has 1 aliphatic heterocycles. The highest BCUT2D eigenvalue weighted by Crippen LogP contribution is 2.23. The predicted octanol–water partition coefficient (Wildman–Crippen LogP) is 3.75. The minimum absolute atomic E-state index is 0.0562. The lowest BCUT2D eigenvalue weighted by atomic mass is 10.1. The normalized spacial score (nSPS) is 18.3. The van der Waals surface area contributed by atoms with Crippen LogP contribution in [0.4, 0.5) is 0 Å². The van der Waals surface area contributed by atoms with Gasteiger partial charge in [-0.05, 0) is 50.8 Å². The number of aromatic nitrogens is 2. The van der Waals surface area contributed by atoms with Gasteiger partial charge in [-0.25, -0.2) is 9.97 Å². The van der Waals surface area contributed by atoms with Gasteiger partial charge in [0.2, 0.25) is 0 Å². The van der Waals surface area contributed by atoms with Gasteiger partial charge in [-0.2, -0.15) is 0 Å². The third kappa shape index (κ3) is 3.85. The quantitative estimate of drug-likeness (QED) is 0.720. The average Bonchev–Trinajstić information content (AvgIpc) is 2.96. The third-order valence-corrected chi connectivity index (χ3v) is 5.40. The molecule has 0 radical (unpaired) electrons. The molecule has 0 N–H and O–H groups in total. The van der Waals surface area contributed by atoms with Crippen molar-refractivity contribution in [3.63, 3.8) is 0 Å². The van der Waals surface area contributed by atoms with E-state index in [4.69, 9.17) is 4.74 Å². The maximum atomic E-state index is 12.5. The first-order valence-corrected chi connectivity index (χ1v) is 9.26. The van der Waals surface area contributed by atoms with Crippen LogP contribution in [0.5, 0.6) is 6.01 Å². The van der Waals surface area contributed by atoms with Crippen molar-refractivity contribution in [2.75, 3.05) is 13.1 Å². The van der Waals surface area contributed by atoms with E-state index in [-0.39, 0.29) is 12.0 Å². The second-order valence-corrected chi connectivity index (χ2v) is 7.69. The van der Waals surface area contributed by atoms with Crippen molar-refractivity contribution in [1.29, 1.82) is 0 Å². The summed E-state index contributed by atoms with van der Waals surface area (Å²) in [4.78, 5) is 23.3. The largest absolute Gasteiger partial charge is 0.458 e. The Morgan fingerprint density at radius 3 is 2.77 bits per heavy atom. The highest BCUT2D eigenvalue weighted by molar-refractivity contribution is 9.10. The fraction of sp³-hybridized carbons (Fsp3) is 0.357. The average molecular weight is 447 g/mol. The van der Waals surface area contributed by atoms with E-state index in [2.05, 4.69) is 41.8 Å². The molecule has 0 aliphatic carbocycles. The minimum Gasteiger partial charge on any atom is -0.458 e. The number of rotatable bonds is 3. The smallest absolute Gasteiger partial charge is 0.316 e. The Kier molecular flexibility index (Phi) is 5.10. The monoisotopic (exact) mass is 445 g/mol. The molecule has 2 aromatic rings. The number of ether oxygens (including phenoxy) is 1. The van der Waals surface area contributed by atoms with Gasteiger partial charge in [-0.15, -0.1) is 11.3 Å². The Balaban J connectivity index is 1.63. The second kappa shape index (κ2) is 7.06. The fourth-order valence-electron chi connectivity index (χ4n) is 2.31. The highest BCUT2D eigenvalue weighted by Gasteiger charge is 2.26. The van der Waals surface area contributed by atoms with Gasteiger partial charge in [0.05, 0.1) is 15.9 Å². The van der Waals surface area contributed by atoms with E-state index >= 15 is 0 Å². The third-order valence-electron chi connectivity index (χ3n) is 3.31. The van der Waals surface area contributed by atoms with E-state index in [1.807, 2.05) is 16.3 Å². The van der Waals surface area contributed by atoms with Crippen molar-refractivity contribution < 1.29 is 9.53 Å². The zero-order valence-electron chi connectivity index (χ0n) is 11.5. The van der Waals surface area contributed by atoms with Gasteiger partial charge < -0.3 is 9.64 Å². The number of piperidine rings is 1. The van der Waals surface area contributed by atoms with Crippen LogP contribution in [-0.4, -0.2) is 40.0 Å². The molecule has 1 unspecified atom stereocenters. The second-order valence-electron chi connectivity index (χ2n) is 4.95. The van der Waals surface area contributed by atoms with Crippen molar-refractivity contribution in [3.8, 4) is 6.01 Å². The van der Waals surface area contributed by atoms with Crippen LogP contribution < -0.4 is 4.74 Å². The molecule has 1 aliphatic rings. The Morgan fingerprint density at radius 2 is 2.09 bits per heavy atom. The molecular formula is C14H13Br2N3O2S. The number of carbonyl (C=O) groups excluding carboxylic acids is 1. The number of amides is 1. The van der Waals surface area contributed by atoms with Crippen LogP contribution in [0.15, 0.2) is 32.8 Å². The van der Waals surface area contributed by atoms with E-state index in [1.165, 1.54) is 11.3 Å². The fourth-order valence-corrected chi connectivity index (χ4v) is 3.91. The summed E-state index contributed by atoms with van der Waals surface area (Å²) >= 11 is 8.12. The molecule has 3 rings (SSSR count). The summed E-state index contributed by atoms with van der Waals surface area (Å²) in [5.74, 6) is 0.0562. The molecule has 1 amide bonds. The molecule has 1 fully saturated rings. The number of thiophene rings is 1. The Morgan fingerprint density at radius 1 is 1.32 bits per heavy atom. The summed E-state index contributed by atoms with van der Waals surface area (Å²) in [6.07, 6.45) is 5.05. The lowest BCUT2D eigenvalue weighted by Crippen LogP contribution is -2.44. The molecule has 5 nitrogen and oxygen atoms in total. The van der Waals surface area contributed by atoms with E-state index in [0.29, 0.717) is 12.6 Å². The van der Waals surface area contributed by atoms with E-state index in [0.717, 1.165) is 33.2 Å². The van der Waals surface area contributed by atoms with Crippen molar-refractivity contribution in [2.45, 2.75) is 18.9 Å². The lowest BCUT2D eigenvalue weighted by molar-refractivity contribution is 0.0520. The van der Waals surface area contributed by atoms with Crippen LogP contribution in [0, 0.1) is 0 Å². The first-order chi connectivity index (χ1) is 10.6. The van der Waals surface area contributed by atoms with Gasteiger partial charge >= 0.3 is 6.01 Å². The Bertz CT molecular complexity index is 662. The zero-order valence-corrected chi connectivity index (χ0v) is 15.5. The maximum absolute atomic E-state index is 12.5. The number of nitrogens with zero attached hydrogens (tertiary/aromatic N) is 3. The summed E-state index contributed by atoms with van der Waals surface area (Å²) < 4.78 is 7.54. The molecule has 0 spiro atoms. The van der Waals surface area contributed by atoms with Crippen LogP contribution in [0.1, 0.15) is 22.5 Å². The zero-order chi connectivity index (χ0) is 15.5. The molecule has 2 aromatic heterocycles. The van der Waals surface area contributed by atoms with E-state index < -0.39 is 0 Å². The van der Waals surface area contributed by atoms with Crippen LogP contribution in [-0.2, 0) is 0 Å². The number of likely N-dealkylation sites (tertiary alicyclic amines) is 1. The standard InChI is InChI=1S/C14H13Br2N3O2S/c15-9-4-12(22-8-9)13(20)19-3-1-2-11(7-19)21-14-17-5-10(16)6-18-14/h4-6,8,11H,1-3,7H2. The summed E-state index contributed by atoms with van der Waals surface area (Å²) in [5.41, 5.74) is 0. The summed E-state index contributed by atoms with van der Waals surface area (Å²) in [5, 5.41) is 1.92. The van der Waals surface area contributed by atoms with Gasteiger partial charge in [0.15, 0.2) is 0 Å². The molecule has 0 aromatic carbocycles. The van der Waals surface area contributed by atoms with Crippen LogP contribution in [0.25, 0.3) is 0 Å². The maximum Gasteiger partial charge on any atom is 0.316 e. The Labute approximate surface area is 149 Å². The van der Waals surface area contributed by atoms with Gasteiger partial charge in [-0.3, -0.25) is 4.79 Å². The lowest BCUT2D eigenvalue weighted by Gasteiger charge is -2.32. The molecule has 1 atom stereocenters. The molecule has 22 heavy (non-hydrogen) atoms. The molecule has 1 saturated heterocycles. The predicted molar refractivity (Wildman–Crippen MR) is 91.3 cm³/mol. The van der Waals surface area contributed by atoms with Crippen molar-refractivity contribution in [1.82, 2.24) is 14.9 Å². The SMILES string of the molecule is O=C(c1cc(Br)cs1)N1CCCC(Oc2ncc(Br)cn2)C1. The van der Waals surface area contributed by atoms with Gasteiger partial charge in [-0.1, -0.05) is 0 Å². The molecular weight excluding hydrogens is 434 g/mol. The first kappa shape index (κ1) is 15.9. The number of hydrogen-bond donors (Lipinski definition) is 0. The molecule has 0 bridgehead atoms. The summed E-state index contributed by atoms with van der Waals surface area (Å²) in [6.45, 7) is 1.32. The highest BCUT2D eigenvalue weighted by atomic mass is 79.9. The first-order valence-electron chi connectivity index (χ1n) is 6.79. The van der Waals surface area contributed by atoms with Gasteiger partial charge in [0.25, 0.3) is 5.91 Å². The van der Waals surface area contributed by atoms with Crippen LogP contribution in [0.3, 0.4) is 0 Å². The molecule has 8 heteroatoms. The van der Waals surface area contributed by atoms with Crippen molar-refractivity contribution in [2.24, 2.45) is 0 Å². The molecule has 3 heterocycles. The van der Waals surface area contributed by atoms with E-state index in [1.54, 1.807) is 12.4 Å². The molecule has 0 saturated carbocycles. The topological polar surface area (TPSA) is 55.3 Å². The van der Waals surface area contributed by atoms with Crippen LogP contribution >= 0.6 is 43.2 Å². The minimum atomic E-state index is -0.0673. The summed E-state index contributed by atoms with van der Waals surface area (Å²) in [6, 6.07) is 2.20. The summed E-state index contributed by atoms with van der Waals surface area (Å²) in [7, 11) is 0. The van der Waals surface area contributed by atoms with Gasteiger partial charge in [0, 0.05) is 28.8 Å². The molecule has 116 valence electrons. The van der Waals surface area contributed by atoms with E-state index in [9.17, 15) is 4.79 Å².